The van der Waals surface area contributed by atoms with Gasteiger partial charge in [-0.1, -0.05) is 156 Å². The lowest BCUT2D eigenvalue weighted by molar-refractivity contribution is -0.148. The van der Waals surface area contributed by atoms with E-state index in [9.17, 15) is 14.2 Å². The van der Waals surface area contributed by atoms with Gasteiger partial charge >= 0.3 is 12.6 Å². The van der Waals surface area contributed by atoms with E-state index in [4.69, 9.17) is 20.5 Å². The van der Waals surface area contributed by atoms with Gasteiger partial charge in [-0.25, -0.2) is 9.46 Å². The number of H-pyrrole nitrogens is 1. The summed E-state index contributed by atoms with van der Waals surface area (Å²) < 4.78 is 29.5. The summed E-state index contributed by atoms with van der Waals surface area (Å²) in [7, 11) is 1.74. The Morgan fingerprint density at radius 3 is 1.81 bits per heavy atom. The summed E-state index contributed by atoms with van der Waals surface area (Å²) in [5.41, 5.74) is 1.64. The van der Waals surface area contributed by atoms with E-state index in [0.29, 0.717) is 18.7 Å². The molecule has 1 fully saturated rings. The van der Waals surface area contributed by atoms with Crippen LogP contribution < -0.4 is 11.2 Å². The molecule has 11 heteroatoms. The summed E-state index contributed by atoms with van der Waals surface area (Å²) in [5, 5.41) is 0. The van der Waals surface area contributed by atoms with Crippen molar-refractivity contribution in [3.63, 3.8) is 0 Å². The third-order valence-electron chi connectivity index (χ3n) is 10.3. The van der Waals surface area contributed by atoms with Crippen LogP contribution in [0, 0.1) is 6.92 Å². The Labute approximate surface area is 319 Å². The Morgan fingerprint density at radius 2 is 1.30 bits per heavy atom. The van der Waals surface area contributed by atoms with Crippen molar-refractivity contribution in [1.82, 2.24) is 19.1 Å². The van der Waals surface area contributed by atoms with E-state index in [1.807, 2.05) is 54.6 Å². The van der Waals surface area contributed by atoms with Gasteiger partial charge in [0.1, 0.15) is 0 Å². The Bertz CT molecular complexity index is 1760. The summed E-state index contributed by atoms with van der Waals surface area (Å²) >= 11 is 6.65. The maximum absolute atomic E-state index is 13.8. The molecule has 3 atom stereocenters. The van der Waals surface area contributed by atoms with Crippen molar-refractivity contribution in [2.75, 3.05) is 33.3 Å². The van der Waals surface area contributed by atoms with Crippen molar-refractivity contribution >= 4 is 18.1 Å². The molecule has 286 valence electrons. The first-order valence-electron chi connectivity index (χ1n) is 19.2. The van der Waals surface area contributed by atoms with Crippen molar-refractivity contribution in [3.8, 4) is 0 Å². The standard InChI is InChI=1S/C42H56ClN4O5P/c1-4-5-6-7-8-9-10-11-12-22-29-45(3)53(43,50)51-33-38-31-46(32-39(52-38)47-30-34(2)40(48)44-41(47)49)42(35-23-16-13-17-24-35,36-25-18-14-19-26-36)37-27-20-15-21-28-37/h13-21,23-28,30,38-39H,4-12,22,29,31-33H2,1-3H3,(H,44,48,49)/t38-,39+,53?/m0/s1. The highest BCUT2D eigenvalue weighted by molar-refractivity contribution is 7.83. The van der Waals surface area contributed by atoms with Crippen LogP contribution in [0.1, 0.15) is 99.6 Å². The summed E-state index contributed by atoms with van der Waals surface area (Å²) in [4.78, 5) is 30.4. The number of benzene rings is 3. The van der Waals surface area contributed by atoms with Gasteiger partial charge in [0.2, 0.25) is 0 Å². The third-order valence-corrected chi connectivity index (χ3v) is 12.9. The van der Waals surface area contributed by atoms with Gasteiger partial charge < -0.3 is 9.26 Å². The minimum Gasteiger partial charge on any atom is -0.350 e. The van der Waals surface area contributed by atoms with Gasteiger partial charge in [-0.05, 0) is 48.3 Å². The average Bonchev–Trinajstić information content (AvgIpc) is 3.17. The maximum atomic E-state index is 13.8. The van der Waals surface area contributed by atoms with E-state index in [-0.39, 0.29) is 13.2 Å². The zero-order valence-corrected chi connectivity index (χ0v) is 33.2. The number of morpholine rings is 1. The van der Waals surface area contributed by atoms with Crippen LogP contribution in [0.2, 0.25) is 0 Å². The quantitative estimate of drug-likeness (QED) is 0.0545. The molecule has 5 rings (SSSR count). The van der Waals surface area contributed by atoms with Crippen molar-refractivity contribution in [2.45, 2.75) is 95.9 Å². The molecule has 1 unspecified atom stereocenters. The van der Waals surface area contributed by atoms with E-state index in [1.165, 1.54) is 55.7 Å². The first kappa shape index (κ1) is 40.9. The third kappa shape index (κ3) is 10.5. The number of nitrogens with one attached hydrogen (secondary N) is 1. The van der Waals surface area contributed by atoms with E-state index >= 15 is 0 Å². The lowest BCUT2D eigenvalue weighted by Crippen LogP contribution is -2.58. The zero-order chi connectivity index (χ0) is 37.7. The molecule has 1 saturated heterocycles. The van der Waals surface area contributed by atoms with Crippen molar-refractivity contribution < 1.29 is 13.8 Å². The van der Waals surface area contributed by atoms with Crippen LogP contribution in [0.15, 0.2) is 107 Å². The zero-order valence-electron chi connectivity index (χ0n) is 31.5. The number of nitrogens with zero attached hydrogens (tertiary/aromatic N) is 3. The molecule has 4 aromatic rings. The molecule has 1 N–H and O–H groups in total. The number of ether oxygens (including phenoxy) is 1. The molecule has 0 spiro atoms. The number of unbranched alkanes of at least 4 members (excludes halogenated alkanes) is 9. The summed E-state index contributed by atoms with van der Waals surface area (Å²) in [6.07, 6.45) is 12.2. The van der Waals surface area contributed by atoms with Gasteiger partial charge in [0, 0.05) is 31.4 Å². The minimum absolute atomic E-state index is 0.0678. The summed E-state index contributed by atoms with van der Waals surface area (Å²) in [6.45, 7) is 1.36. The monoisotopic (exact) mass is 762 g/mol. The number of hydrogen-bond donors (Lipinski definition) is 1. The van der Waals surface area contributed by atoms with E-state index in [1.54, 1.807) is 18.6 Å². The molecule has 0 bridgehead atoms. The van der Waals surface area contributed by atoms with Gasteiger partial charge in [0.15, 0.2) is 6.23 Å². The predicted octanol–water partition coefficient (Wildman–Crippen LogP) is 9.25. The summed E-state index contributed by atoms with van der Waals surface area (Å²) in [5.74, 6) is 0. The van der Waals surface area contributed by atoms with Crippen molar-refractivity contribution in [3.05, 3.63) is 140 Å². The van der Waals surface area contributed by atoms with Crippen LogP contribution >= 0.6 is 18.1 Å². The maximum Gasteiger partial charge on any atom is 0.362 e. The molecule has 0 radical (unpaired) electrons. The molecule has 0 saturated carbocycles. The fraction of sp³-hybridized carbons (Fsp3) is 0.476. The number of aromatic nitrogens is 2. The molecule has 3 aromatic carbocycles. The number of rotatable bonds is 20. The van der Waals surface area contributed by atoms with Gasteiger partial charge in [-0.15, -0.1) is 0 Å². The van der Waals surface area contributed by atoms with Gasteiger partial charge in [0.25, 0.3) is 5.56 Å². The van der Waals surface area contributed by atoms with Crippen LogP contribution in [0.25, 0.3) is 0 Å². The molecular formula is C42H56ClN4O5P. The van der Waals surface area contributed by atoms with Crippen LogP contribution in [0.5, 0.6) is 0 Å². The molecule has 1 aliphatic rings. The van der Waals surface area contributed by atoms with E-state index in [0.717, 1.165) is 36.0 Å². The molecule has 0 amide bonds. The first-order valence-corrected chi connectivity index (χ1v) is 21.7. The molecule has 53 heavy (non-hydrogen) atoms. The molecule has 2 heterocycles. The molecule has 1 aromatic heterocycles. The number of aryl methyl sites for hydroxylation is 1. The topological polar surface area (TPSA) is 96.9 Å². The van der Waals surface area contributed by atoms with E-state index in [2.05, 4.69) is 53.2 Å². The fourth-order valence-corrected chi connectivity index (χ4v) is 8.77. The Balaban J connectivity index is 1.39. The van der Waals surface area contributed by atoms with Gasteiger partial charge in [0.05, 0.1) is 18.2 Å². The van der Waals surface area contributed by atoms with Crippen LogP contribution in [0.3, 0.4) is 0 Å². The average molecular weight is 763 g/mol. The SMILES string of the molecule is CCCCCCCCCCCCN(C)P(=O)(Cl)OC[C@@H]1CN(C(c2ccccc2)(c2ccccc2)c2ccccc2)C[C@H](n2cc(C)c(=O)[nH]c2=O)O1. The lowest BCUT2D eigenvalue weighted by Gasteiger charge is -2.50. The van der Waals surface area contributed by atoms with Gasteiger partial charge in [-0.3, -0.25) is 23.8 Å². The second-order valence-corrected chi connectivity index (χ2v) is 17.3. The van der Waals surface area contributed by atoms with Crippen molar-refractivity contribution in [2.24, 2.45) is 0 Å². The first-order chi connectivity index (χ1) is 25.7. The Morgan fingerprint density at radius 1 is 0.811 bits per heavy atom. The fourth-order valence-electron chi connectivity index (χ4n) is 7.44. The molecule has 9 nitrogen and oxygen atoms in total. The highest BCUT2D eigenvalue weighted by atomic mass is 35.7. The number of aromatic amines is 1. The van der Waals surface area contributed by atoms with E-state index < -0.39 is 36.0 Å². The smallest absolute Gasteiger partial charge is 0.350 e. The molecule has 1 aliphatic heterocycles. The Kier molecular flexibility index (Phi) is 15.3. The highest BCUT2D eigenvalue weighted by Gasteiger charge is 2.47. The molecular weight excluding hydrogens is 707 g/mol. The summed E-state index contributed by atoms with van der Waals surface area (Å²) in [6, 6.07) is 30.8. The predicted molar refractivity (Wildman–Crippen MR) is 215 cm³/mol. The lowest BCUT2D eigenvalue weighted by atomic mass is 9.75. The molecule has 0 aliphatic carbocycles. The van der Waals surface area contributed by atoms with Crippen molar-refractivity contribution in [1.29, 1.82) is 0 Å². The second kappa shape index (κ2) is 19.9. The Hall–Kier alpha value is -3.30. The highest BCUT2D eigenvalue weighted by Crippen LogP contribution is 2.55. The van der Waals surface area contributed by atoms with Crippen LogP contribution in [-0.4, -0.2) is 58.5 Å². The second-order valence-electron chi connectivity index (χ2n) is 14.2. The largest absolute Gasteiger partial charge is 0.362 e. The normalized spacial score (nSPS) is 17.9. The number of hydrogen-bond acceptors (Lipinski definition) is 6. The van der Waals surface area contributed by atoms with Crippen LogP contribution in [-0.2, 0) is 19.4 Å². The van der Waals surface area contributed by atoms with Crippen LogP contribution in [0.4, 0.5) is 0 Å². The minimum atomic E-state index is -3.69. The van der Waals surface area contributed by atoms with Gasteiger partial charge in [-0.2, -0.15) is 0 Å². The number of halogens is 1.